The van der Waals surface area contributed by atoms with Crippen molar-refractivity contribution in [2.24, 2.45) is 0 Å². The van der Waals surface area contributed by atoms with Gasteiger partial charge in [-0.1, -0.05) is 54.7 Å². The molecule has 0 fully saturated rings. The molecule has 0 bridgehead atoms. The summed E-state index contributed by atoms with van der Waals surface area (Å²) in [5, 5.41) is 0. The van der Waals surface area contributed by atoms with Crippen molar-refractivity contribution in [3.05, 3.63) is 66.4 Å². The third-order valence-electron chi connectivity index (χ3n) is 4.49. The van der Waals surface area contributed by atoms with Crippen LogP contribution < -0.4 is 0 Å². The van der Waals surface area contributed by atoms with Crippen molar-refractivity contribution in [3.8, 4) is 11.1 Å². The van der Waals surface area contributed by atoms with E-state index in [2.05, 4.69) is 64.8 Å². The van der Waals surface area contributed by atoms with Crippen molar-refractivity contribution in [2.45, 2.75) is 13.3 Å². The van der Waals surface area contributed by atoms with Crippen LogP contribution in [0.25, 0.3) is 37.5 Å². The molecule has 0 saturated heterocycles. The highest BCUT2D eigenvalue weighted by molar-refractivity contribution is 7.23. The van der Waals surface area contributed by atoms with Crippen molar-refractivity contribution in [1.82, 2.24) is 14.4 Å². The van der Waals surface area contributed by atoms with Gasteiger partial charge in [0.15, 0.2) is 4.96 Å². The maximum atomic E-state index is 4.72. The van der Waals surface area contributed by atoms with E-state index in [0.717, 1.165) is 38.3 Å². The topological polar surface area (TPSA) is 30.2 Å². The first-order valence-corrected chi connectivity index (χ1v) is 8.90. The number of aryl methyl sites for hydroxylation is 1. The summed E-state index contributed by atoms with van der Waals surface area (Å²) in [5.41, 5.74) is 6.99. The number of hydrogen-bond donors (Lipinski definition) is 0. The zero-order chi connectivity index (χ0) is 16.1. The summed E-state index contributed by atoms with van der Waals surface area (Å²) >= 11 is 1.64. The SMILES string of the molecule is CCc1ccc(-c2cnc3sc4nc5ccccc5n4c3c2)cc1. The molecule has 3 heterocycles. The Morgan fingerprint density at radius 3 is 2.62 bits per heavy atom. The summed E-state index contributed by atoms with van der Waals surface area (Å²) in [5.74, 6) is 0. The Hall–Kier alpha value is -2.72. The lowest BCUT2D eigenvalue weighted by Gasteiger charge is -2.03. The summed E-state index contributed by atoms with van der Waals surface area (Å²) in [7, 11) is 0. The molecule has 0 aliphatic carbocycles. The fraction of sp³-hybridized carbons (Fsp3) is 0.100. The largest absolute Gasteiger partial charge is 0.281 e. The second-order valence-electron chi connectivity index (χ2n) is 5.92. The Bertz CT molecular complexity index is 1180. The molecule has 0 aliphatic heterocycles. The van der Waals surface area contributed by atoms with Crippen LogP contribution in [0.1, 0.15) is 12.5 Å². The molecule has 0 spiro atoms. The molecule has 0 atom stereocenters. The molecule has 5 aromatic rings. The predicted molar refractivity (Wildman–Crippen MR) is 101 cm³/mol. The number of thiazole rings is 1. The summed E-state index contributed by atoms with van der Waals surface area (Å²) < 4.78 is 2.21. The molecule has 116 valence electrons. The second kappa shape index (κ2) is 5.14. The Balaban J connectivity index is 1.77. The zero-order valence-electron chi connectivity index (χ0n) is 13.2. The van der Waals surface area contributed by atoms with Crippen LogP contribution in [0.2, 0.25) is 0 Å². The number of hydrogen-bond acceptors (Lipinski definition) is 3. The number of fused-ring (bicyclic) bond motifs is 5. The van der Waals surface area contributed by atoms with Crippen LogP contribution in [0.15, 0.2) is 60.8 Å². The predicted octanol–water partition coefficient (Wildman–Crippen LogP) is 5.33. The van der Waals surface area contributed by atoms with E-state index in [-0.39, 0.29) is 0 Å². The molecule has 24 heavy (non-hydrogen) atoms. The van der Waals surface area contributed by atoms with Crippen LogP contribution in [0.3, 0.4) is 0 Å². The summed E-state index contributed by atoms with van der Waals surface area (Å²) in [6.07, 6.45) is 3.02. The van der Waals surface area contributed by atoms with Crippen LogP contribution in [-0.4, -0.2) is 14.4 Å². The Labute approximate surface area is 143 Å². The number of rotatable bonds is 2. The maximum Gasteiger partial charge on any atom is 0.197 e. The number of aromatic nitrogens is 3. The van der Waals surface area contributed by atoms with E-state index in [9.17, 15) is 0 Å². The van der Waals surface area contributed by atoms with Crippen molar-refractivity contribution in [3.63, 3.8) is 0 Å². The summed E-state index contributed by atoms with van der Waals surface area (Å²) in [4.78, 5) is 11.4. The highest BCUT2D eigenvalue weighted by atomic mass is 32.1. The Kier molecular flexibility index (Phi) is 2.94. The van der Waals surface area contributed by atoms with Gasteiger partial charge >= 0.3 is 0 Å². The molecule has 0 N–H and O–H groups in total. The van der Waals surface area contributed by atoms with Crippen molar-refractivity contribution in [1.29, 1.82) is 0 Å². The van der Waals surface area contributed by atoms with Gasteiger partial charge < -0.3 is 0 Å². The smallest absolute Gasteiger partial charge is 0.197 e. The average molecular weight is 329 g/mol. The fourth-order valence-corrected chi connectivity index (χ4v) is 4.13. The molecule has 3 nitrogen and oxygen atoms in total. The Morgan fingerprint density at radius 1 is 0.958 bits per heavy atom. The fourth-order valence-electron chi connectivity index (χ4n) is 3.16. The summed E-state index contributed by atoms with van der Waals surface area (Å²) in [6, 6.07) is 19.2. The monoisotopic (exact) mass is 329 g/mol. The molecule has 4 heteroatoms. The van der Waals surface area contributed by atoms with E-state index in [1.165, 1.54) is 11.1 Å². The lowest BCUT2D eigenvalue weighted by atomic mass is 10.0. The number of para-hydroxylation sites is 2. The van der Waals surface area contributed by atoms with Gasteiger partial charge in [0.25, 0.3) is 0 Å². The first kappa shape index (κ1) is 13.7. The van der Waals surface area contributed by atoms with Gasteiger partial charge in [0.2, 0.25) is 0 Å². The number of imidazole rings is 1. The van der Waals surface area contributed by atoms with Gasteiger partial charge in [-0.25, -0.2) is 9.97 Å². The minimum atomic E-state index is 0.997. The maximum absolute atomic E-state index is 4.72. The van der Waals surface area contributed by atoms with Gasteiger partial charge in [0, 0.05) is 11.8 Å². The molecule has 0 amide bonds. The molecule has 0 aliphatic rings. The van der Waals surface area contributed by atoms with Gasteiger partial charge in [0.05, 0.1) is 16.6 Å². The van der Waals surface area contributed by atoms with Crippen LogP contribution >= 0.6 is 11.3 Å². The number of benzene rings is 2. The normalized spacial score (nSPS) is 11.7. The summed E-state index contributed by atoms with van der Waals surface area (Å²) in [6.45, 7) is 2.18. The molecule has 3 aromatic heterocycles. The van der Waals surface area contributed by atoms with Gasteiger partial charge in [-0.2, -0.15) is 0 Å². The molecular formula is C20H15N3S. The van der Waals surface area contributed by atoms with E-state index >= 15 is 0 Å². The minimum absolute atomic E-state index is 0.997. The van der Waals surface area contributed by atoms with E-state index in [1.807, 2.05) is 12.3 Å². The lowest BCUT2D eigenvalue weighted by molar-refractivity contribution is 1.14. The quantitative estimate of drug-likeness (QED) is 0.438. The molecule has 0 saturated carbocycles. The van der Waals surface area contributed by atoms with Gasteiger partial charge in [-0.15, -0.1) is 0 Å². The van der Waals surface area contributed by atoms with Crippen molar-refractivity contribution < 1.29 is 0 Å². The Morgan fingerprint density at radius 2 is 1.79 bits per heavy atom. The van der Waals surface area contributed by atoms with Crippen LogP contribution in [-0.2, 0) is 6.42 Å². The van der Waals surface area contributed by atoms with E-state index in [1.54, 1.807) is 11.3 Å². The molecule has 5 rings (SSSR count). The molecule has 0 unspecified atom stereocenters. The van der Waals surface area contributed by atoms with E-state index in [0.29, 0.717) is 0 Å². The van der Waals surface area contributed by atoms with Gasteiger partial charge in [-0.3, -0.25) is 4.40 Å². The third-order valence-corrected chi connectivity index (χ3v) is 5.45. The first-order valence-electron chi connectivity index (χ1n) is 8.08. The van der Waals surface area contributed by atoms with Crippen molar-refractivity contribution in [2.75, 3.05) is 0 Å². The van der Waals surface area contributed by atoms with E-state index < -0.39 is 0 Å². The molecule has 2 aromatic carbocycles. The highest BCUT2D eigenvalue weighted by Gasteiger charge is 2.12. The third kappa shape index (κ3) is 1.96. The van der Waals surface area contributed by atoms with Gasteiger partial charge in [0.1, 0.15) is 4.83 Å². The van der Waals surface area contributed by atoms with Crippen LogP contribution in [0.5, 0.6) is 0 Å². The highest BCUT2D eigenvalue weighted by Crippen LogP contribution is 2.31. The number of pyridine rings is 1. The molecular weight excluding hydrogens is 314 g/mol. The average Bonchev–Trinajstić information content (AvgIpc) is 3.17. The zero-order valence-corrected chi connectivity index (χ0v) is 14.0. The number of nitrogens with zero attached hydrogens (tertiary/aromatic N) is 3. The second-order valence-corrected chi connectivity index (χ2v) is 6.88. The van der Waals surface area contributed by atoms with E-state index in [4.69, 9.17) is 4.98 Å². The van der Waals surface area contributed by atoms with Gasteiger partial charge in [-0.05, 0) is 35.7 Å². The van der Waals surface area contributed by atoms with Crippen LogP contribution in [0.4, 0.5) is 0 Å². The van der Waals surface area contributed by atoms with Crippen molar-refractivity contribution >= 4 is 37.7 Å². The van der Waals surface area contributed by atoms with Crippen LogP contribution in [0, 0.1) is 0 Å². The minimum Gasteiger partial charge on any atom is -0.281 e. The lowest BCUT2D eigenvalue weighted by Crippen LogP contribution is -1.86. The first-order chi connectivity index (χ1) is 11.8. The standard InChI is InChI=1S/C20H15N3S/c1-2-13-7-9-14(10-8-13)15-11-18-19(21-12-15)24-20-22-16-5-3-4-6-17(16)23(18)20/h3-12H,2H2,1H3. The molecule has 0 radical (unpaired) electrons.